The fourth-order valence-corrected chi connectivity index (χ4v) is 1.84. The predicted molar refractivity (Wildman–Crippen MR) is 75.9 cm³/mol. The van der Waals surface area contributed by atoms with E-state index in [-0.39, 0.29) is 6.04 Å². The number of carboxylic acid groups (broad SMARTS) is 1. The summed E-state index contributed by atoms with van der Waals surface area (Å²) in [7, 11) is 0. The van der Waals surface area contributed by atoms with E-state index in [9.17, 15) is 14.7 Å². The van der Waals surface area contributed by atoms with Crippen molar-refractivity contribution in [1.29, 1.82) is 0 Å². The molecule has 2 atom stereocenters. The van der Waals surface area contributed by atoms with Crippen LogP contribution in [0.15, 0.2) is 36.4 Å². The average molecular weight is 274 g/mol. The summed E-state index contributed by atoms with van der Waals surface area (Å²) in [5, 5.41) is 12.9. The van der Waals surface area contributed by atoms with Crippen molar-refractivity contribution in [2.75, 3.05) is 0 Å². The van der Waals surface area contributed by atoms with Gasteiger partial charge in [-0.05, 0) is 36.5 Å². The van der Waals surface area contributed by atoms with E-state index in [0.29, 0.717) is 12.0 Å². The molecule has 1 N–H and O–H groups in total. The molecular formula is C16H20NO3-. The lowest BCUT2D eigenvalue weighted by atomic mass is 9.96. The van der Waals surface area contributed by atoms with Crippen molar-refractivity contribution in [1.82, 2.24) is 5.32 Å². The number of hydrogen-bond donors (Lipinski definition) is 1. The third kappa shape index (κ3) is 4.88. The third-order valence-corrected chi connectivity index (χ3v) is 3.35. The SMILES string of the molecule is CC[C@H](C)c1ccc([C@H](C)NC(=O)C=CC(=O)[O-])cc1. The Kier molecular flexibility index (Phi) is 5.97. The first kappa shape index (κ1) is 16.0. The maximum atomic E-state index is 11.5. The van der Waals surface area contributed by atoms with Crippen LogP contribution in [-0.4, -0.2) is 11.9 Å². The summed E-state index contributed by atoms with van der Waals surface area (Å²) in [6, 6.07) is 7.90. The summed E-state index contributed by atoms with van der Waals surface area (Å²) >= 11 is 0. The maximum absolute atomic E-state index is 11.5. The average Bonchev–Trinajstić information content (AvgIpc) is 2.44. The molecule has 1 aromatic rings. The van der Waals surface area contributed by atoms with Crippen LogP contribution in [0.25, 0.3) is 0 Å². The number of carbonyl (C=O) groups excluding carboxylic acids is 2. The highest BCUT2D eigenvalue weighted by Crippen LogP contribution is 2.21. The number of benzene rings is 1. The lowest BCUT2D eigenvalue weighted by molar-refractivity contribution is -0.297. The molecule has 0 spiro atoms. The number of rotatable bonds is 6. The largest absolute Gasteiger partial charge is 0.545 e. The van der Waals surface area contributed by atoms with Crippen LogP contribution in [0.2, 0.25) is 0 Å². The van der Waals surface area contributed by atoms with E-state index in [1.807, 2.05) is 19.1 Å². The van der Waals surface area contributed by atoms with Crippen LogP contribution in [0.4, 0.5) is 0 Å². The van der Waals surface area contributed by atoms with Crippen LogP contribution in [0.5, 0.6) is 0 Å². The van der Waals surface area contributed by atoms with Gasteiger partial charge in [0.1, 0.15) is 0 Å². The van der Waals surface area contributed by atoms with Crippen molar-refractivity contribution in [3.05, 3.63) is 47.5 Å². The summed E-state index contributed by atoms with van der Waals surface area (Å²) in [5.41, 5.74) is 2.25. The number of nitrogens with one attached hydrogen (secondary N) is 1. The molecule has 4 nitrogen and oxygen atoms in total. The molecule has 0 fully saturated rings. The van der Waals surface area contributed by atoms with Gasteiger partial charge in [-0.3, -0.25) is 4.79 Å². The molecule has 1 amide bonds. The minimum absolute atomic E-state index is 0.181. The van der Waals surface area contributed by atoms with Gasteiger partial charge in [-0.25, -0.2) is 0 Å². The zero-order chi connectivity index (χ0) is 15.1. The summed E-state index contributed by atoms with van der Waals surface area (Å²) < 4.78 is 0. The summed E-state index contributed by atoms with van der Waals surface area (Å²) in [4.78, 5) is 21.7. The van der Waals surface area contributed by atoms with Crippen LogP contribution in [0.1, 0.15) is 50.3 Å². The molecule has 0 unspecified atom stereocenters. The van der Waals surface area contributed by atoms with Crippen molar-refractivity contribution < 1.29 is 14.7 Å². The van der Waals surface area contributed by atoms with Gasteiger partial charge in [0.25, 0.3) is 0 Å². The van der Waals surface area contributed by atoms with Crippen molar-refractivity contribution in [2.24, 2.45) is 0 Å². The topological polar surface area (TPSA) is 69.2 Å². The number of carboxylic acids is 1. The zero-order valence-electron chi connectivity index (χ0n) is 12.1. The lowest BCUT2D eigenvalue weighted by Gasteiger charge is -2.15. The first-order chi connectivity index (χ1) is 9.43. The molecule has 0 radical (unpaired) electrons. The molecule has 1 rings (SSSR count). The first-order valence-corrected chi connectivity index (χ1v) is 6.73. The highest BCUT2D eigenvalue weighted by molar-refractivity contribution is 5.93. The third-order valence-electron chi connectivity index (χ3n) is 3.35. The maximum Gasteiger partial charge on any atom is 0.244 e. The Hall–Kier alpha value is -2.10. The van der Waals surface area contributed by atoms with Gasteiger partial charge in [-0.15, -0.1) is 0 Å². The van der Waals surface area contributed by atoms with Gasteiger partial charge in [0.15, 0.2) is 0 Å². The van der Waals surface area contributed by atoms with E-state index >= 15 is 0 Å². The second kappa shape index (κ2) is 7.48. The van der Waals surface area contributed by atoms with E-state index in [4.69, 9.17) is 0 Å². The Morgan fingerprint density at radius 2 is 1.70 bits per heavy atom. The molecule has 0 aliphatic heterocycles. The Bertz CT molecular complexity index is 491. The highest BCUT2D eigenvalue weighted by Gasteiger charge is 2.08. The molecule has 0 saturated heterocycles. The second-order valence-electron chi connectivity index (χ2n) is 4.86. The van der Waals surface area contributed by atoms with E-state index in [1.54, 1.807) is 0 Å². The molecule has 20 heavy (non-hydrogen) atoms. The van der Waals surface area contributed by atoms with Crippen LogP contribution < -0.4 is 10.4 Å². The monoisotopic (exact) mass is 274 g/mol. The number of carbonyl (C=O) groups is 2. The van der Waals surface area contributed by atoms with Crippen molar-refractivity contribution in [3.8, 4) is 0 Å². The van der Waals surface area contributed by atoms with Gasteiger partial charge < -0.3 is 15.2 Å². The van der Waals surface area contributed by atoms with E-state index < -0.39 is 11.9 Å². The molecule has 0 heterocycles. The fraction of sp³-hybridized carbons (Fsp3) is 0.375. The molecule has 1 aromatic carbocycles. The van der Waals surface area contributed by atoms with Gasteiger partial charge >= 0.3 is 0 Å². The molecule has 0 aliphatic rings. The minimum Gasteiger partial charge on any atom is -0.545 e. The van der Waals surface area contributed by atoms with E-state index in [2.05, 4.69) is 31.3 Å². The first-order valence-electron chi connectivity index (χ1n) is 6.73. The van der Waals surface area contributed by atoms with Crippen molar-refractivity contribution >= 4 is 11.9 Å². The molecule has 0 saturated carbocycles. The second-order valence-corrected chi connectivity index (χ2v) is 4.86. The van der Waals surface area contributed by atoms with Crippen molar-refractivity contribution in [2.45, 2.75) is 39.2 Å². The van der Waals surface area contributed by atoms with Gasteiger partial charge in [0.2, 0.25) is 5.91 Å². The summed E-state index contributed by atoms with van der Waals surface area (Å²) in [5.74, 6) is -1.32. The Morgan fingerprint density at radius 1 is 1.15 bits per heavy atom. The number of hydrogen-bond acceptors (Lipinski definition) is 3. The molecule has 4 heteroatoms. The standard InChI is InChI=1S/C16H21NO3/c1-4-11(2)13-5-7-14(8-6-13)12(3)17-15(18)9-10-16(19)20/h5-12H,4H2,1-3H3,(H,17,18)(H,19,20)/p-1/t11-,12-/m0/s1. The van der Waals surface area contributed by atoms with Crippen LogP contribution >= 0.6 is 0 Å². The minimum atomic E-state index is -1.38. The number of aliphatic carboxylic acids is 1. The van der Waals surface area contributed by atoms with Gasteiger partial charge in [-0.1, -0.05) is 38.1 Å². The normalized spacial score (nSPS) is 13.9. The van der Waals surface area contributed by atoms with Gasteiger partial charge in [-0.2, -0.15) is 0 Å². The fourth-order valence-electron chi connectivity index (χ4n) is 1.84. The van der Waals surface area contributed by atoms with Crippen LogP contribution in [0, 0.1) is 0 Å². The van der Waals surface area contributed by atoms with Crippen LogP contribution in [-0.2, 0) is 9.59 Å². The summed E-state index contributed by atoms with van der Waals surface area (Å²) in [6.07, 6.45) is 2.76. The molecular weight excluding hydrogens is 254 g/mol. The van der Waals surface area contributed by atoms with Crippen LogP contribution in [0.3, 0.4) is 0 Å². The smallest absolute Gasteiger partial charge is 0.244 e. The van der Waals surface area contributed by atoms with Crippen molar-refractivity contribution in [3.63, 3.8) is 0 Å². The molecule has 0 aromatic heterocycles. The molecule has 108 valence electrons. The summed E-state index contributed by atoms with van der Waals surface area (Å²) in [6.45, 7) is 6.17. The predicted octanol–water partition coefficient (Wildman–Crippen LogP) is 1.68. The Balaban J connectivity index is 2.66. The lowest BCUT2D eigenvalue weighted by Crippen LogP contribution is -2.26. The highest BCUT2D eigenvalue weighted by atomic mass is 16.4. The number of amides is 1. The quantitative estimate of drug-likeness (QED) is 0.802. The molecule has 0 aliphatic carbocycles. The van der Waals surface area contributed by atoms with Gasteiger partial charge in [0.05, 0.1) is 12.0 Å². The Labute approximate surface area is 119 Å². The van der Waals surface area contributed by atoms with E-state index in [1.165, 1.54) is 5.56 Å². The molecule has 0 bridgehead atoms. The Morgan fingerprint density at radius 3 is 2.20 bits per heavy atom. The van der Waals surface area contributed by atoms with Gasteiger partial charge in [0, 0.05) is 6.08 Å². The van der Waals surface area contributed by atoms with E-state index in [0.717, 1.165) is 18.1 Å². The zero-order valence-corrected chi connectivity index (χ0v) is 12.1.